The van der Waals surface area contributed by atoms with Gasteiger partial charge in [0.05, 0.1) is 0 Å². The van der Waals surface area contributed by atoms with Gasteiger partial charge in [-0.3, -0.25) is 0 Å². The second-order valence-corrected chi connectivity index (χ2v) is 4.11. The Balaban J connectivity index is 0.000000509. The van der Waals surface area contributed by atoms with Gasteiger partial charge in [-0.05, 0) is 23.5 Å². The van der Waals surface area contributed by atoms with Crippen LogP contribution < -0.4 is 5.32 Å². The minimum absolute atomic E-state index is 0.349. The van der Waals surface area contributed by atoms with Gasteiger partial charge >= 0.3 is 0 Å². The molecule has 1 aliphatic rings. The van der Waals surface area contributed by atoms with E-state index < -0.39 is 0 Å². The predicted octanol–water partition coefficient (Wildman–Crippen LogP) is 4.83. The van der Waals surface area contributed by atoms with Gasteiger partial charge in [0.1, 0.15) is 0 Å². The molecule has 0 bridgehead atoms. The van der Waals surface area contributed by atoms with Crippen LogP contribution in [0.25, 0.3) is 0 Å². The molecule has 0 aliphatic carbocycles. The van der Waals surface area contributed by atoms with Crippen LogP contribution >= 0.6 is 0 Å². The molecule has 1 heterocycles. The first-order chi connectivity index (χ1) is 7.70. The third-order valence-electron chi connectivity index (χ3n) is 2.72. The summed E-state index contributed by atoms with van der Waals surface area (Å²) in [5.74, 6) is 0. The highest BCUT2D eigenvalue weighted by molar-refractivity contribution is 5.56. The number of hydrogen-bond donors (Lipinski definition) is 1. The second-order valence-electron chi connectivity index (χ2n) is 4.11. The first kappa shape index (κ1) is 15.0. The second kappa shape index (κ2) is 7.32. The van der Waals surface area contributed by atoms with Crippen molar-refractivity contribution < 1.29 is 0 Å². The minimum Gasteiger partial charge on any atom is -0.385 e. The zero-order chi connectivity index (χ0) is 12.6. The lowest BCUT2D eigenvalue weighted by atomic mass is 9.78. The summed E-state index contributed by atoms with van der Waals surface area (Å²) in [6, 6.07) is 8.60. The molecule has 0 atom stereocenters. The van der Waals surface area contributed by atoms with Gasteiger partial charge in [0.25, 0.3) is 0 Å². The van der Waals surface area contributed by atoms with E-state index in [1.807, 2.05) is 27.7 Å². The highest BCUT2D eigenvalue weighted by atomic mass is 14.9. The molecule has 1 nitrogen and oxygen atoms in total. The van der Waals surface area contributed by atoms with Gasteiger partial charge in [-0.15, -0.1) is 0 Å². The van der Waals surface area contributed by atoms with E-state index in [1.165, 1.54) is 17.7 Å². The number of anilines is 1. The number of benzene rings is 1. The largest absolute Gasteiger partial charge is 0.385 e. The van der Waals surface area contributed by atoms with Crippen LogP contribution in [0.4, 0.5) is 5.69 Å². The van der Waals surface area contributed by atoms with Crippen LogP contribution in [0, 0.1) is 0 Å². The Morgan fingerprint density at radius 2 is 1.56 bits per heavy atom. The molecule has 1 aliphatic heterocycles. The molecule has 0 radical (unpaired) electrons. The molecule has 1 aromatic carbocycles. The van der Waals surface area contributed by atoms with E-state index >= 15 is 0 Å². The van der Waals surface area contributed by atoms with Crippen molar-refractivity contribution >= 4 is 5.69 Å². The first-order valence-corrected chi connectivity index (χ1v) is 6.53. The van der Waals surface area contributed by atoms with Crippen LogP contribution in [-0.2, 0) is 5.41 Å². The van der Waals surface area contributed by atoms with Crippen molar-refractivity contribution in [3.8, 4) is 0 Å². The lowest BCUT2D eigenvalue weighted by Gasteiger charge is -2.33. The Kier molecular flexibility index (Phi) is 6.87. The number of hydrogen-bond acceptors (Lipinski definition) is 1. The molecule has 0 spiro atoms. The SMILES string of the molecule is CC.CC.CC1(C)CCNc2ccccc21. The van der Waals surface area contributed by atoms with Crippen LogP contribution in [0.3, 0.4) is 0 Å². The molecule has 0 saturated carbocycles. The van der Waals surface area contributed by atoms with E-state index in [-0.39, 0.29) is 0 Å². The summed E-state index contributed by atoms with van der Waals surface area (Å²) in [4.78, 5) is 0. The van der Waals surface area contributed by atoms with Gasteiger partial charge in [-0.2, -0.15) is 0 Å². The molecule has 0 aromatic heterocycles. The Bertz CT molecular complexity index is 289. The minimum atomic E-state index is 0.349. The zero-order valence-corrected chi connectivity index (χ0v) is 11.7. The van der Waals surface area contributed by atoms with Crippen molar-refractivity contribution in [3.05, 3.63) is 29.8 Å². The van der Waals surface area contributed by atoms with Crippen molar-refractivity contribution in [1.82, 2.24) is 0 Å². The molecule has 0 fully saturated rings. The molecule has 0 amide bonds. The molecule has 0 unspecified atom stereocenters. The van der Waals surface area contributed by atoms with Crippen molar-refractivity contribution in [1.29, 1.82) is 0 Å². The van der Waals surface area contributed by atoms with Crippen LogP contribution in [-0.4, -0.2) is 6.54 Å². The molecular formula is C15H27N. The monoisotopic (exact) mass is 221 g/mol. The standard InChI is InChI=1S/C11H15N.2C2H6/c1-11(2)7-8-12-10-6-4-3-5-9(10)11;2*1-2/h3-6,12H,7-8H2,1-2H3;2*1-2H3. The maximum atomic E-state index is 3.42. The van der Waals surface area contributed by atoms with Gasteiger partial charge in [-0.1, -0.05) is 59.7 Å². The predicted molar refractivity (Wildman–Crippen MR) is 75.3 cm³/mol. The van der Waals surface area contributed by atoms with Crippen LogP contribution in [0.1, 0.15) is 53.5 Å². The van der Waals surface area contributed by atoms with Crippen molar-refractivity contribution in [2.75, 3.05) is 11.9 Å². The van der Waals surface area contributed by atoms with Crippen LogP contribution in [0.2, 0.25) is 0 Å². The van der Waals surface area contributed by atoms with Crippen molar-refractivity contribution in [2.45, 2.75) is 53.4 Å². The number of para-hydroxylation sites is 1. The quantitative estimate of drug-likeness (QED) is 0.661. The van der Waals surface area contributed by atoms with E-state index in [2.05, 4.69) is 43.4 Å². The van der Waals surface area contributed by atoms with Gasteiger partial charge in [0.15, 0.2) is 0 Å². The topological polar surface area (TPSA) is 12.0 Å². The smallest absolute Gasteiger partial charge is 0.0378 e. The Labute approximate surface area is 101 Å². The zero-order valence-electron chi connectivity index (χ0n) is 11.7. The summed E-state index contributed by atoms with van der Waals surface area (Å²) >= 11 is 0. The fraction of sp³-hybridized carbons (Fsp3) is 0.600. The molecule has 16 heavy (non-hydrogen) atoms. The molecule has 0 saturated heterocycles. The average molecular weight is 221 g/mol. The fourth-order valence-electron chi connectivity index (χ4n) is 1.87. The highest BCUT2D eigenvalue weighted by Gasteiger charge is 2.26. The summed E-state index contributed by atoms with van der Waals surface area (Å²) in [5.41, 5.74) is 3.12. The lowest BCUT2D eigenvalue weighted by molar-refractivity contribution is 0.482. The Hall–Kier alpha value is -0.980. The van der Waals surface area contributed by atoms with Gasteiger partial charge in [0.2, 0.25) is 0 Å². The van der Waals surface area contributed by atoms with Crippen molar-refractivity contribution in [2.24, 2.45) is 0 Å². The van der Waals surface area contributed by atoms with Crippen molar-refractivity contribution in [3.63, 3.8) is 0 Å². The van der Waals surface area contributed by atoms with E-state index in [1.54, 1.807) is 0 Å². The normalized spacial score (nSPS) is 15.4. The third-order valence-corrected chi connectivity index (χ3v) is 2.72. The van der Waals surface area contributed by atoms with Gasteiger partial charge in [0, 0.05) is 12.2 Å². The molecule has 92 valence electrons. The molecule has 1 N–H and O–H groups in total. The first-order valence-electron chi connectivity index (χ1n) is 6.53. The Morgan fingerprint density at radius 3 is 2.12 bits per heavy atom. The molecule has 2 rings (SSSR count). The van der Waals surface area contributed by atoms with Crippen LogP contribution in [0.15, 0.2) is 24.3 Å². The average Bonchev–Trinajstić information content (AvgIpc) is 2.34. The molecule has 1 heteroatoms. The summed E-state index contributed by atoms with van der Waals surface area (Å²) in [6.07, 6.45) is 1.23. The number of fused-ring (bicyclic) bond motifs is 1. The highest BCUT2D eigenvalue weighted by Crippen LogP contribution is 2.35. The summed E-state index contributed by atoms with van der Waals surface area (Å²) in [5, 5.41) is 3.42. The van der Waals surface area contributed by atoms with E-state index in [9.17, 15) is 0 Å². The van der Waals surface area contributed by atoms with E-state index in [4.69, 9.17) is 0 Å². The van der Waals surface area contributed by atoms with Crippen LogP contribution in [0.5, 0.6) is 0 Å². The fourth-order valence-corrected chi connectivity index (χ4v) is 1.87. The van der Waals surface area contributed by atoms with E-state index in [0.29, 0.717) is 5.41 Å². The maximum absolute atomic E-state index is 3.42. The van der Waals surface area contributed by atoms with Gasteiger partial charge in [-0.25, -0.2) is 0 Å². The summed E-state index contributed by atoms with van der Waals surface area (Å²) in [7, 11) is 0. The number of nitrogens with one attached hydrogen (secondary N) is 1. The molecular weight excluding hydrogens is 194 g/mol. The Morgan fingerprint density at radius 1 is 1.00 bits per heavy atom. The molecule has 1 aromatic rings. The van der Waals surface area contributed by atoms with E-state index in [0.717, 1.165) is 6.54 Å². The summed E-state index contributed by atoms with van der Waals surface area (Å²) < 4.78 is 0. The summed E-state index contributed by atoms with van der Waals surface area (Å²) in [6.45, 7) is 13.7. The maximum Gasteiger partial charge on any atom is 0.0378 e. The number of rotatable bonds is 0. The third kappa shape index (κ3) is 3.55. The van der Waals surface area contributed by atoms with Gasteiger partial charge < -0.3 is 5.32 Å². The lowest BCUT2D eigenvalue weighted by Crippen LogP contribution is -2.27.